The van der Waals surface area contributed by atoms with Crippen molar-refractivity contribution in [2.45, 2.75) is 19.4 Å². The molecule has 1 aliphatic rings. The van der Waals surface area contributed by atoms with Crippen LogP contribution in [0.15, 0.2) is 24.4 Å². The Balaban J connectivity index is 2.26. The molecule has 0 radical (unpaired) electrons. The van der Waals surface area contributed by atoms with Crippen LogP contribution < -0.4 is 4.31 Å². The highest BCUT2D eigenvalue weighted by Crippen LogP contribution is 2.27. The normalized spacial score (nSPS) is 25.3. The van der Waals surface area contributed by atoms with Crippen LogP contribution in [0.4, 0.5) is 5.82 Å². The van der Waals surface area contributed by atoms with Gasteiger partial charge in [-0.25, -0.2) is 13.5 Å². The zero-order valence-electron chi connectivity index (χ0n) is 8.14. The smallest absolute Gasteiger partial charge is 0.266 e. The van der Waals surface area contributed by atoms with Gasteiger partial charge in [0.1, 0.15) is 11.4 Å². The molecule has 76 valence electrons. The number of nitrogens with zero attached hydrogens (tertiary/aromatic N) is 2. The first kappa shape index (κ1) is 9.61. The molecule has 0 aromatic carbocycles. The maximum atomic E-state index is 11.6. The second-order valence-electron chi connectivity index (χ2n) is 3.78. The van der Waals surface area contributed by atoms with E-state index in [0.29, 0.717) is 12.4 Å². The fraction of sp³-hybridized carbons (Fsp3) is 0.444. The van der Waals surface area contributed by atoms with Gasteiger partial charge in [0, 0.05) is 6.20 Å². The van der Waals surface area contributed by atoms with Crippen molar-refractivity contribution in [3.63, 3.8) is 0 Å². The molecule has 0 bridgehead atoms. The summed E-state index contributed by atoms with van der Waals surface area (Å²) in [4.78, 5) is 4.13. The highest BCUT2D eigenvalue weighted by atomic mass is 32.2. The molecule has 1 atom stereocenters. The molecule has 0 amide bonds. The Labute approximate surface area is 85.7 Å². The summed E-state index contributed by atoms with van der Waals surface area (Å²) < 4.78 is 18.5. The van der Waals surface area contributed by atoms with Gasteiger partial charge in [-0.15, -0.1) is 0 Å². The van der Waals surface area contributed by atoms with Gasteiger partial charge in [-0.2, -0.15) is 0 Å². The number of rotatable bonds is 1. The van der Waals surface area contributed by atoms with E-state index < -0.39 is 11.3 Å². The number of pyridine rings is 1. The SMILES string of the molecule is CC1(C)CN(c2ccccn2)S(=O)O1. The molecule has 2 heterocycles. The Morgan fingerprint density at radius 2 is 2.36 bits per heavy atom. The van der Waals surface area contributed by atoms with Crippen molar-refractivity contribution in [3.05, 3.63) is 24.4 Å². The van der Waals surface area contributed by atoms with Crippen LogP contribution in [0.25, 0.3) is 0 Å². The maximum Gasteiger partial charge on any atom is 0.266 e. The summed E-state index contributed by atoms with van der Waals surface area (Å²) in [5, 5.41) is 0. The molecule has 1 aliphatic heterocycles. The monoisotopic (exact) mass is 212 g/mol. The van der Waals surface area contributed by atoms with Crippen molar-refractivity contribution in [2.24, 2.45) is 0 Å². The van der Waals surface area contributed by atoms with Crippen LogP contribution in [-0.2, 0) is 15.4 Å². The van der Waals surface area contributed by atoms with E-state index in [4.69, 9.17) is 4.18 Å². The minimum Gasteiger partial charge on any atom is -0.266 e. The fourth-order valence-electron chi connectivity index (χ4n) is 1.32. The predicted octanol–water partition coefficient (Wildman–Crippen LogP) is 1.28. The highest BCUT2D eigenvalue weighted by Gasteiger charge is 2.37. The minimum absolute atomic E-state index is 0.373. The van der Waals surface area contributed by atoms with Gasteiger partial charge in [0.25, 0.3) is 11.3 Å². The van der Waals surface area contributed by atoms with Crippen molar-refractivity contribution in [2.75, 3.05) is 10.8 Å². The molecule has 1 fully saturated rings. The third-order valence-electron chi connectivity index (χ3n) is 1.91. The summed E-state index contributed by atoms with van der Waals surface area (Å²) >= 11 is -1.41. The molecule has 1 aromatic rings. The van der Waals surface area contributed by atoms with Crippen LogP contribution >= 0.6 is 0 Å². The van der Waals surface area contributed by atoms with Gasteiger partial charge in [-0.3, -0.25) is 4.18 Å². The number of anilines is 1. The zero-order chi connectivity index (χ0) is 10.2. The van der Waals surface area contributed by atoms with E-state index in [-0.39, 0.29) is 5.60 Å². The molecule has 0 N–H and O–H groups in total. The standard InChI is InChI=1S/C9H12N2O2S/c1-9(2)7-11(14(12)13-9)8-5-3-4-6-10-8/h3-6H,7H2,1-2H3. The first-order valence-electron chi connectivity index (χ1n) is 4.38. The Bertz CT molecular complexity index is 353. The molecule has 1 unspecified atom stereocenters. The fourth-order valence-corrected chi connectivity index (χ4v) is 2.53. The Hall–Kier alpha value is -0.940. The lowest BCUT2D eigenvalue weighted by atomic mass is 10.1. The topological polar surface area (TPSA) is 42.4 Å². The highest BCUT2D eigenvalue weighted by molar-refractivity contribution is 7.82. The third-order valence-corrected chi connectivity index (χ3v) is 3.18. The van der Waals surface area contributed by atoms with E-state index in [0.717, 1.165) is 0 Å². The maximum absolute atomic E-state index is 11.6. The average Bonchev–Trinajstić information content (AvgIpc) is 2.41. The molecule has 1 aromatic heterocycles. The number of hydrogen-bond donors (Lipinski definition) is 0. The second-order valence-corrected chi connectivity index (χ2v) is 4.83. The summed E-state index contributed by atoms with van der Waals surface area (Å²) in [7, 11) is 0. The summed E-state index contributed by atoms with van der Waals surface area (Å²) in [6.45, 7) is 4.41. The molecule has 1 saturated heterocycles. The molecule has 4 nitrogen and oxygen atoms in total. The van der Waals surface area contributed by atoms with Gasteiger partial charge in [0.15, 0.2) is 0 Å². The molecule has 5 heteroatoms. The van der Waals surface area contributed by atoms with Crippen LogP contribution in [0.3, 0.4) is 0 Å². The van der Waals surface area contributed by atoms with Crippen LogP contribution in [0, 0.1) is 0 Å². The predicted molar refractivity (Wildman–Crippen MR) is 54.9 cm³/mol. The number of hydrogen-bond acceptors (Lipinski definition) is 3. The van der Waals surface area contributed by atoms with E-state index in [2.05, 4.69) is 4.98 Å². The molecule has 0 aliphatic carbocycles. The van der Waals surface area contributed by atoms with Crippen molar-refractivity contribution in [1.29, 1.82) is 0 Å². The second kappa shape index (κ2) is 3.33. The van der Waals surface area contributed by atoms with E-state index in [1.165, 1.54) is 0 Å². The summed E-state index contributed by atoms with van der Waals surface area (Å²) in [6.07, 6.45) is 1.68. The van der Waals surface area contributed by atoms with E-state index in [1.807, 2.05) is 32.0 Å². The third kappa shape index (κ3) is 1.78. The summed E-state index contributed by atoms with van der Waals surface area (Å²) in [5.74, 6) is 0.691. The van der Waals surface area contributed by atoms with Crippen LogP contribution in [0.5, 0.6) is 0 Å². The number of aromatic nitrogens is 1. The minimum atomic E-state index is -1.41. The van der Waals surface area contributed by atoms with Crippen molar-refractivity contribution < 1.29 is 8.39 Å². The average molecular weight is 212 g/mol. The quantitative estimate of drug-likeness (QED) is 0.704. The molecular formula is C9H12N2O2S. The van der Waals surface area contributed by atoms with Crippen LogP contribution in [-0.4, -0.2) is 21.3 Å². The Morgan fingerprint density at radius 1 is 1.57 bits per heavy atom. The van der Waals surface area contributed by atoms with Crippen molar-refractivity contribution in [3.8, 4) is 0 Å². The van der Waals surface area contributed by atoms with E-state index in [1.54, 1.807) is 10.5 Å². The van der Waals surface area contributed by atoms with Gasteiger partial charge < -0.3 is 0 Å². The molecule has 0 spiro atoms. The Kier molecular flexibility index (Phi) is 2.28. The summed E-state index contributed by atoms with van der Waals surface area (Å²) in [6, 6.07) is 5.52. The molecule has 0 saturated carbocycles. The van der Waals surface area contributed by atoms with Crippen LogP contribution in [0.2, 0.25) is 0 Å². The van der Waals surface area contributed by atoms with Gasteiger partial charge >= 0.3 is 0 Å². The lowest BCUT2D eigenvalue weighted by Crippen LogP contribution is -2.27. The van der Waals surface area contributed by atoms with Gasteiger partial charge in [-0.1, -0.05) is 6.07 Å². The first-order valence-corrected chi connectivity index (χ1v) is 5.42. The summed E-state index contributed by atoms with van der Waals surface area (Å²) in [5.41, 5.74) is -0.373. The Morgan fingerprint density at radius 3 is 2.86 bits per heavy atom. The van der Waals surface area contributed by atoms with Crippen molar-refractivity contribution >= 4 is 17.1 Å². The molecular weight excluding hydrogens is 200 g/mol. The largest absolute Gasteiger partial charge is 0.266 e. The first-order chi connectivity index (χ1) is 6.58. The van der Waals surface area contributed by atoms with E-state index in [9.17, 15) is 4.21 Å². The van der Waals surface area contributed by atoms with Gasteiger partial charge in [-0.05, 0) is 26.0 Å². The lowest BCUT2D eigenvalue weighted by molar-refractivity contribution is 0.165. The molecule has 14 heavy (non-hydrogen) atoms. The van der Waals surface area contributed by atoms with Gasteiger partial charge in [0.05, 0.1) is 6.54 Å². The van der Waals surface area contributed by atoms with Crippen molar-refractivity contribution in [1.82, 2.24) is 4.98 Å². The zero-order valence-corrected chi connectivity index (χ0v) is 8.95. The molecule has 2 rings (SSSR count). The van der Waals surface area contributed by atoms with E-state index >= 15 is 0 Å². The lowest BCUT2D eigenvalue weighted by Gasteiger charge is -2.14. The van der Waals surface area contributed by atoms with Crippen LogP contribution in [0.1, 0.15) is 13.8 Å². The van der Waals surface area contributed by atoms with Gasteiger partial charge in [0.2, 0.25) is 0 Å².